The molecule has 1 atom stereocenters. The van der Waals surface area contributed by atoms with Crippen LogP contribution in [-0.4, -0.2) is 35.8 Å². The molecule has 1 fully saturated rings. The van der Waals surface area contributed by atoms with Gasteiger partial charge in [0.05, 0.1) is 12.1 Å². The summed E-state index contributed by atoms with van der Waals surface area (Å²) in [5.41, 5.74) is -0.0238. The molecule has 0 spiro atoms. The number of nitrogens with one attached hydrogen (secondary N) is 2. The van der Waals surface area contributed by atoms with Gasteiger partial charge in [-0.15, -0.1) is 0 Å². The van der Waals surface area contributed by atoms with Gasteiger partial charge in [0.1, 0.15) is 17.5 Å². The maximum absolute atomic E-state index is 5.52. The Morgan fingerprint density at radius 2 is 2.12 bits per heavy atom. The Bertz CT molecular complexity index is 388. The van der Waals surface area contributed by atoms with Gasteiger partial charge in [0, 0.05) is 19.7 Å². The first-order valence-corrected chi connectivity index (χ1v) is 6.01. The van der Waals surface area contributed by atoms with Crippen molar-refractivity contribution in [3.8, 4) is 0 Å². The van der Waals surface area contributed by atoms with Gasteiger partial charge in [0.25, 0.3) is 0 Å². The first-order chi connectivity index (χ1) is 8.11. The first-order valence-electron chi connectivity index (χ1n) is 6.01. The average Bonchev–Trinajstić information content (AvgIpc) is 2.28. The lowest BCUT2D eigenvalue weighted by molar-refractivity contribution is 0.0539. The molecule has 94 valence electrons. The molecular weight excluding hydrogens is 216 g/mol. The third-order valence-corrected chi connectivity index (χ3v) is 2.96. The van der Waals surface area contributed by atoms with E-state index in [4.69, 9.17) is 4.74 Å². The van der Waals surface area contributed by atoms with Crippen LogP contribution in [0, 0.1) is 6.92 Å². The molecule has 0 bridgehead atoms. The molecule has 2 rings (SSSR count). The van der Waals surface area contributed by atoms with Gasteiger partial charge >= 0.3 is 0 Å². The number of rotatable bonds is 3. The zero-order valence-corrected chi connectivity index (χ0v) is 10.7. The van der Waals surface area contributed by atoms with Crippen molar-refractivity contribution in [3.05, 3.63) is 11.9 Å². The molecule has 2 N–H and O–H groups in total. The summed E-state index contributed by atoms with van der Waals surface area (Å²) in [6, 6.07) is 1.92. The molecule has 0 radical (unpaired) electrons. The summed E-state index contributed by atoms with van der Waals surface area (Å²) in [6.07, 6.45) is 2.19. The smallest absolute Gasteiger partial charge is 0.132 e. The largest absolute Gasteiger partial charge is 0.379 e. The van der Waals surface area contributed by atoms with E-state index >= 15 is 0 Å². The molecule has 1 aromatic rings. The van der Waals surface area contributed by atoms with E-state index in [-0.39, 0.29) is 5.54 Å². The summed E-state index contributed by atoms with van der Waals surface area (Å²) in [5.74, 6) is 2.45. The topological polar surface area (TPSA) is 59.1 Å². The summed E-state index contributed by atoms with van der Waals surface area (Å²) < 4.78 is 5.52. The number of ether oxygens (including phenoxy) is 1. The van der Waals surface area contributed by atoms with Gasteiger partial charge in [0.15, 0.2) is 0 Å². The van der Waals surface area contributed by atoms with Crippen molar-refractivity contribution in [2.24, 2.45) is 0 Å². The Morgan fingerprint density at radius 3 is 2.76 bits per heavy atom. The monoisotopic (exact) mass is 236 g/mol. The Balaban J connectivity index is 2.14. The molecule has 0 amide bonds. The minimum atomic E-state index is -0.0238. The lowest BCUT2D eigenvalue weighted by Gasteiger charge is -2.34. The van der Waals surface area contributed by atoms with E-state index in [1.165, 1.54) is 0 Å². The van der Waals surface area contributed by atoms with E-state index < -0.39 is 0 Å². The molecule has 5 nitrogen and oxygen atoms in total. The van der Waals surface area contributed by atoms with E-state index in [0.29, 0.717) is 0 Å². The highest BCUT2D eigenvalue weighted by Gasteiger charge is 2.27. The second-order valence-electron chi connectivity index (χ2n) is 4.78. The van der Waals surface area contributed by atoms with E-state index in [2.05, 4.69) is 27.5 Å². The van der Waals surface area contributed by atoms with E-state index in [1.807, 2.05) is 20.0 Å². The number of hydrogen-bond acceptors (Lipinski definition) is 5. The molecule has 1 aliphatic rings. The fourth-order valence-corrected chi connectivity index (χ4v) is 2.10. The van der Waals surface area contributed by atoms with Crippen LogP contribution in [0.5, 0.6) is 0 Å². The van der Waals surface area contributed by atoms with Crippen molar-refractivity contribution in [3.63, 3.8) is 0 Å². The van der Waals surface area contributed by atoms with Crippen molar-refractivity contribution in [2.75, 3.05) is 30.9 Å². The molecule has 0 saturated carbocycles. The second kappa shape index (κ2) is 4.87. The molecule has 1 saturated heterocycles. The van der Waals surface area contributed by atoms with Crippen LogP contribution in [-0.2, 0) is 4.74 Å². The SMILES string of the molecule is CNc1cc(NC2(C)CCCOC2)nc(C)n1. The highest BCUT2D eigenvalue weighted by molar-refractivity contribution is 5.48. The number of hydrogen-bond donors (Lipinski definition) is 2. The summed E-state index contributed by atoms with van der Waals surface area (Å²) in [6.45, 7) is 5.65. The van der Waals surface area contributed by atoms with Crippen molar-refractivity contribution in [1.29, 1.82) is 0 Å². The Kier molecular flexibility index (Phi) is 3.47. The van der Waals surface area contributed by atoms with Gasteiger partial charge in [0.2, 0.25) is 0 Å². The molecule has 2 heterocycles. The van der Waals surface area contributed by atoms with Gasteiger partial charge in [-0.25, -0.2) is 9.97 Å². The maximum atomic E-state index is 5.52. The lowest BCUT2D eigenvalue weighted by Crippen LogP contribution is -2.43. The van der Waals surface area contributed by atoms with Gasteiger partial charge in [-0.3, -0.25) is 0 Å². The van der Waals surface area contributed by atoms with Crippen molar-refractivity contribution in [2.45, 2.75) is 32.2 Å². The average molecular weight is 236 g/mol. The van der Waals surface area contributed by atoms with Gasteiger partial charge in [-0.1, -0.05) is 0 Å². The fourth-order valence-electron chi connectivity index (χ4n) is 2.10. The second-order valence-corrected chi connectivity index (χ2v) is 4.78. The normalized spacial score (nSPS) is 24.4. The van der Waals surface area contributed by atoms with Crippen LogP contribution in [0.15, 0.2) is 6.07 Å². The highest BCUT2D eigenvalue weighted by atomic mass is 16.5. The third-order valence-electron chi connectivity index (χ3n) is 2.96. The zero-order valence-electron chi connectivity index (χ0n) is 10.7. The van der Waals surface area contributed by atoms with Crippen LogP contribution in [0.3, 0.4) is 0 Å². The van der Waals surface area contributed by atoms with E-state index in [1.54, 1.807) is 0 Å². The minimum Gasteiger partial charge on any atom is -0.379 e. The third kappa shape index (κ3) is 3.06. The van der Waals surface area contributed by atoms with Crippen LogP contribution in [0.4, 0.5) is 11.6 Å². The zero-order chi connectivity index (χ0) is 12.3. The molecule has 1 aliphatic heterocycles. The lowest BCUT2D eigenvalue weighted by atomic mass is 9.95. The number of aromatic nitrogens is 2. The predicted octanol–water partition coefficient (Wildman–Crippen LogP) is 1.81. The number of aryl methyl sites for hydroxylation is 1. The van der Waals surface area contributed by atoms with E-state index in [9.17, 15) is 0 Å². The molecule has 0 aromatic carbocycles. The summed E-state index contributed by atoms with van der Waals surface area (Å²) in [4.78, 5) is 8.68. The molecule has 1 unspecified atom stereocenters. The fraction of sp³-hybridized carbons (Fsp3) is 0.667. The van der Waals surface area contributed by atoms with Crippen molar-refractivity contribution < 1.29 is 4.74 Å². The molecule has 5 heteroatoms. The predicted molar refractivity (Wildman–Crippen MR) is 68.4 cm³/mol. The summed E-state index contributed by atoms with van der Waals surface area (Å²) >= 11 is 0. The Labute approximate surface area is 102 Å². The quantitative estimate of drug-likeness (QED) is 0.838. The molecule has 1 aromatic heterocycles. The van der Waals surface area contributed by atoms with Gasteiger partial charge in [-0.05, 0) is 26.7 Å². The Morgan fingerprint density at radius 1 is 1.35 bits per heavy atom. The summed E-state index contributed by atoms with van der Waals surface area (Å²) in [5, 5.41) is 6.49. The van der Waals surface area contributed by atoms with E-state index in [0.717, 1.165) is 43.5 Å². The Hall–Kier alpha value is -1.36. The summed E-state index contributed by atoms with van der Waals surface area (Å²) in [7, 11) is 1.86. The standard InChI is InChI=1S/C12H20N4O/c1-9-14-10(13-3)7-11(15-9)16-12(2)5-4-6-17-8-12/h7H,4-6,8H2,1-3H3,(H2,13,14,15,16). The molecule has 0 aliphatic carbocycles. The van der Waals surface area contributed by atoms with Crippen molar-refractivity contribution >= 4 is 11.6 Å². The number of anilines is 2. The van der Waals surface area contributed by atoms with Crippen LogP contribution in [0.1, 0.15) is 25.6 Å². The van der Waals surface area contributed by atoms with Gasteiger partial charge < -0.3 is 15.4 Å². The van der Waals surface area contributed by atoms with Crippen molar-refractivity contribution in [1.82, 2.24) is 9.97 Å². The molecular formula is C12H20N4O. The van der Waals surface area contributed by atoms with Crippen LogP contribution in [0.2, 0.25) is 0 Å². The first kappa shape index (κ1) is 12.1. The molecule has 17 heavy (non-hydrogen) atoms. The van der Waals surface area contributed by atoms with Crippen LogP contribution in [0.25, 0.3) is 0 Å². The number of nitrogens with zero attached hydrogens (tertiary/aromatic N) is 2. The maximum Gasteiger partial charge on any atom is 0.132 e. The van der Waals surface area contributed by atoms with Crippen LogP contribution < -0.4 is 10.6 Å². The van der Waals surface area contributed by atoms with Gasteiger partial charge in [-0.2, -0.15) is 0 Å². The van der Waals surface area contributed by atoms with Crippen LogP contribution >= 0.6 is 0 Å². The minimum absolute atomic E-state index is 0.0238. The highest BCUT2D eigenvalue weighted by Crippen LogP contribution is 2.24.